The Kier molecular flexibility index (Phi) is 3.48. The predicted octanol–water partition coefficient (Wildman–Crippen LogP) is 3.07. The zero-order valence-corrected chi connectivity index (χ0v) is 13.8. The number of nitrogens with zero attached hydrogens (tertiary/aromatic N) is 1. The highest BCUT2D eigenvalue weighted by molar-refractivity contribution is 9.10. The minimum atomic E-state index is -1.09. The Morgan fingerprint density at radius 2 is 2.04 bits per heavy atom. The van der Waals surface area contributed by atoms with E-state index >= 15 is 0 Å². The van der Waals surface area contributed by atoms with Gasteiger partial charge in [-0.05, 0) is 24.3 Å². The highest BCUT2D eigenvalue weighted by Crippen LogP contribution is 2.46. The number of hydrogen-bond acceptors (Lipinski definition) is 3. The van der Waals surface area contributed by atoms with Gasteiger partial charge in [0.25, 0.3) is 0 Å². The summed E-state index contributed by atoms with van der Waals surface area (Å²) in [5.41, 5.74) is 0.711. The largest absolute Gasteiger partial charge is 0.350 e. The van der Waals surface area contributed by atoms with Crippen molar-refractivity contribution in [3.8, 4) is 0 Å². The Morgan fingerprint density at radius 1 is 1.22 bits per heavy atom. The summed E-state index contributed by atoms with van der Waals surface area (Å²) in [5.74, 6) is -0.475. The molecular formula is C17H14BrFN2O2. The molecule has 2 aliphatic heterocycles. The van der Waals surface area contributed by atoms with E-state index in [1.165, 1.54) is 6.07 Å². The average molecular weight is 377 g/mol. The first-order chi connectivity index (χ1) is 11.1. The molecule has 0 aliphatic carbocycles. The summed E-state index contributed by atoms with van der Waals surface area (Å²) in [4.78, 5) is 14.1. The van der Waals surface area contributed by atoms with E-state index < -0.39 is 5.72 Å². The molecule has 4 rings (SSSR count). The first-order valence-electron chi connectivity index (χ1n) is 7.35. The predicted molar refractivity (Wildman–Crippen MR) is 87.5 cm³/mol. The molecule has 23 heavy (non-hydrogen) atoms. The lowest BCUT2D eigenvalue weighted by Crippen LogP contribution is -2.45. The second-order valence-corrected chi connectivity index (χ2v) is 6.55. The fourth-order valence-corrected chi connectivity index (χ4v) is 3.75. The number of anilines is 1. The molecule has 2 aliphatic rings. The van der Waals surface area contributed by atoms with Crippen molar-refractivity contribution in [2.75, 3.05) is 25.0 Å². The van der Waals surface area contributed by atoms with E-state index in [9.17, 15) is 9.18 Å². The topological polar surface area (TPSA) is 41.6 Å². The Labute approximate surface area is 141 Å². The van der Waals surface area contributed by atoms with E-state index in [0.29, 0.717) is 24.4 Å². The van der Waals surface area contributed by atoms with Crippen LogP contribution in [0.5, 0.6) is 0 Å². The zero-order valence-electron chi connectivity index (χ0n) is 12.2. The number of hydrogen-bond donors (Lipinski definition) is 1. The molecule has 1 N–H and O–H groups in total. The third-order valence-corrected chi connectivity index (χ3v) is 4.80. The monoisotopic (exact) mass is 376 g/mol. The first kappa shape index (κ1) is 14.8. The number of carbonyl (C=O) groups excluding carboxylic acids is 1. The van der Waals surface area contributed by atoms with E-state index in [4.69, 9.17) is 4.74 Å². The van der Waals surface area contributed by atoms with Crippen LogP contribution in [-0.2, 0) is 15.3 Å². The van der Waals surface area contributed by atoms with Gasteiger partial charge in [0.05, 0.1) is 13.2 Å². The number of carbonyl (C=O) groups is 1. The zero-order chi connectivity index (χ0) is 16.0. The number of benzene rings is 2. The lowest BCUT2D eigenvalue weighted by molar-refractivity contribution is -0.121. The summed E-state index contributed by atoms with van der Waals surface area (Å²) in [6.07, 6.45) is 0. The number of amides is 1. The second-order valence-electron chi connectivity index (χ2n) is 5.63. The van der Waals surface area contributed by atoms with Crippen LogP contribution in [0.1, 0.15) is 11.1 Å². The maximum Gasteiger partial charge on any atom is 0.238 e. The van der Waals surface area contributed by atoms with Gasteiger partial charge < -0.3 is 10.1 Å². The van der Waals surface area contributed by atoms with Crippen LogP contribution in [0, 0.1) is 5.82 Å². The average Bonchev–Trinajstić information content (AvgIpc) is 2.89. The van der Waals surface area contributed by atoms with Crippen molar-refractivity contribution in [2.24, 2.45) is 0 Å². The molecule has 1 atom stereocenters. The summed E-state index contributed by atoms with van der Waals surface area (Å²) >= 11 is 3.46. The highest BCUT2D eigenvalue weighted by atomic mass is 79.9. The minimum absolute atomic E-state index is 0.128. The van der Waals surface area contributed by atoms with E-state index in [1.54, 1.807) is 18.2 Å². The SMILES string of the molecule is O=C1CN2CCO[C@@]2(c2ccccc2F)c2cc(Br)ccc2N1. The number of nitrogens with one attached hydrogen (secondary N) is 1. The van der Waals surface area contributed by atoms with Crippen molar-refractivity contribution in [3.63, 3.8) is 0 Å². The third-order valence-electron chi connectivity index (χ3n) is 4.31. The molecule has 2 heterocycles. The van der Waals surface area contributed by atoms with Gasteiger partial charge >= 0.3 is 0 Å². The van der Waals surface area contributed by atoms with Crippen LogP contribution in [-0.4, -0.2) is 30.5 Å². The molecule has 0 aromatic heterocycles. The molecule has 0 radical (unpaired) electrons. The summed E-state index contributed by atoms with van der Waals surface area (Å²) in [5, 5.41) is 2.89. The molecule has 0 bridgehead atoms. The van der Waals surface area contributed by atoms with E-state index in [1.807, 2.05) is 23.1 Å². The first-order valence-corrected chi connectivity index (χ1v) is 8.14. The molecule has 4 nitrogen and oxygen atoms in total. The second kappa shape index (κ2) is 5.40. The fourth-order valence-electron chi connectivity index (χ4n) is 3.39. The maximum atomic E-state index is 14.6. The Hall–Kier alpha value is -1.76. The number of ether oxygens (including phenoxy) is 1. The Balaban J connectivity index is 2.04. The Bertz CT molecular complexity index is 798. The van der Waals surface area contributed by atoms with Crippen LogP contribution in [0.25, 0.3) is 0 Å². The lowest BCUT2D eigenvalue weighted by Gasteiger charge is -2.36. The smallest absolute Gasteiger partial charge is 0.238 e. The van der Waals surface area contributed by atoms with Gasteiger partial charge in [-0.1, -0.05) is 34.1 Å². The summed E-state index contributed by atoms with van der Waals surface area (Å²) < 4.78 is 21.5. The standard InChI is InChI=1S/C17H14BrFN2O2/c18-11-5-6-15-13(9-11)17(12-3-1-2-4-14(12)19)21(7-8-23-17)10-16(22)20-15/h1-6,9H,7-8,10H2,(H,20,22)/t17-/m0/s1. The molecule has 1 fully saturated rings. The molecule has 0 unspecified atom stereocenters. The van der Waals surface area contributed by atoms with Crippen LogP contribution >= 0.6 is 15.9 Å². The molecule has 1 amide bonds. The number of rotatable bonds is 1. The van der Waals surface area contributed by atoms with Gasteiger partial charge in [-0.2, -0.15) is 0 Å². The molecule has 2 aromatic carbocycles. The molecule has 6 heteroatoms. The van der Waals surface area contributed by atoms with Crippen molar-refractivity contribution in [3.05, 3.63) is 63.9 Å². The summed E-state index contributed by atoms with van der Waals surface area (Å²) in [6, 6.07) is 12.1. The van der Waals surface area contributed by atoms with Gasteiger partial charge in [0.2, 0.25) is 5.91 Å². The van der Waals surface area contributed by atoms with Gasteiger partial charge in [-0.3, -0.25) is 9.69 Å². The van der Waals surface area contributed by atoms with Crippen LogP contribution < -0.4 is 5.32 Å². The van der Waals surface area contributed by atoms with Crippen LogP contribution in [0.3, 0.4) is 0 Å². The van der Waals surface area contributed by atoms with E-state index in [0.717, 1.165) is 10.0 Å². The number of halogens is 2. The van der Waals surface area contributed by atoms with Crippen molar-refractivity contribution >= 4 is 27.5 Å². The fraction of sp³-hybridized carbons (Fsp3) is 0.235. The molecule has 2 aromatic rings. The summed E-state index contributed by atoms with van der Waals surface area (Å²) in [7, 11) is 0. The molecule has 118 valence electrons. The van der Waals surface area contributed by atoms with Crippen LogP contribution in [0.2, 0.25) is 0 Å². The van der Waals surface area contributed by atoms with Gasteiger partial charge in [0.1, 0.15) is 5.82 Å². The normalized spacial score (nSPS) is 23.8. The van der Waals surface area contributed by atoms with Crippen molar-refractivity contribution in [1.29, 1.82) is 0 Å². The van der Waals surface area contributed by atoms with Crippen molar-refractivity contribution in [2.45, 2.75) is 5.72 Å². The molecular weight excluding hydrogens is 363 g/mol. The van der Waals surface area contributed by atoms with Crippen molar-refractivity contribution in [1.82, 2.24) is 4.90 Å². The number of fused-ring (bicyclic) bond motifs is 3. The lowest BCUT2D eigenvalue weighted by atomic mass is 9.91. The van der Waals surface area contributed by atoms with Gasteiger partial charge in [-0.15, -0.1) is 0 Å². The summed E-state index contributed by atoms with van der Waals surface area (Å²) in [6.45, 7) is 1.15. The quantitative estimate of drug-likeness (QED) is 0.831. The molecule has 1 saturated heterocycles. The van der Waals surface area contributed by atoms with Crippen molar-refractivity contribution < 1.29 is 13.9 Å². The van der Waals surface area contributed by atoms with Gasteiger partial charge in [0.15, 0.2) is 5.72 Å². The van der Waals surface area contributed by atoms with Crippen LogP contribution in [0.15, 0.2) is 46.9 Å². The minimum Gasteiger partial charge on any atom is -0.350 e. The van der Waals surface area contributed by atoms with Gasteiger partial charge in [0, 0.05) is 27.8 Å². The Morgan fingerprint density at radius 3 is 2.87 bits per heavy atom. The van der Waals surface area contributed by atoms with Gasteiger partial charge in [-0.25, -0.2) is 4.39 Å². The molecule has 0 spiro atoms. The highest BCUT2D eigenvalue weighted by Gasteiger charge is 2.50. The van der Waals surface area contributed by atoms with Crippen LogP contribution in [0.4, 0.5) is 10.1 Å². The molecule has 0 saturated carbocycles. The van der Waals surface area contributed by atoms with E-state index in [-0.39, 0.29) is 18.3 Å². The maximum absolute atomic E-state index is 14.6. The third kappa shape index (κ3) is 2.21. The van der Waals surface area contributed by atoms with E-state index in [2.05, 4.69) is 21.2 Å².